The van der Waals surface area contributed by atoms with Gasteiger partial charge in [-0.15, -0.1) is 0 Å². The molecule has 10 heteroatoms. The molecule has 0 saturated carbocycles. The van der Waals surface area contributed by atoms with Gasteiger partial charge in [-0.3, -0.25) is 25.0 Å². The van der Waals surface area contributed by atoms with Crippen LogP contribution in [0.3, 0.4) is 0 Å². The third kappa shape index (κ3) is 4.13. The first-order valence-corrected chi connectivity index (χ1v) is 9.87. The summed E-state index contributed by atoms with van der Waals surface area (Å²) in [6, 6.07) is 12.6. The van der Waals surface area contributed by atoms with Crippen LogP contribution in [0.25, 0.3) is 22.6 Å². The van der Waals surface area contributed by atoms with Crippen molar-refractivity contribution < 1.29 is 19.1 Å². The van der Waals surface area contributed by atoms with Gasteiger partial charge in [-0.1, -0.05) is 0 Å². The van der Waals surface area contributed by atoms with E-state index in [2.05, 4.69) is 10.3 Å². The predicted molar refractivity (Wildman–Crippen MR) is 121 cm³/mol. The minimum absolute atomic E-state index is 0.116. The maximum atomic E-state index is 12.6. The fourth-order valence-corrected chi connectivity index (χ4v) is 3.40. The van der Waals surface area contributed by atoms with E-state index in [-0.39, 0.29) is 11.1 Å². The Morgan fingerprint density at radius 1 is 0.909 bits per heavy atom. The van der Waals surface area contributed by atoms with Crippen molar-refractivity contribution >= 4 is 34.1 Å². The molecule has 4 rings (SSSR count). The van der Waals surface area contributed by atoms with Gasteiger partial charge in [0.15, 0.2) is 5.58 Å². The van der Waals surface area contributed by atoms with Gasteiger partial charge in [0.2, 0.25) is 5.89 Å². The molecule has 0 radical (unpaired) electrons. The van der Waals surface area contributed by atoms with Crippen LogP contribution in [-0.2, 0) is 0 Å². The fraction of sp³-hybridized carbons (Fsp3) is 0.130. The normalized spacial score (nSPS) is 10.9. The quantitative estimate of drug-likeness (QED) is 0.315. The topological polar surface area (TPSA) is 141 Å². The monoisotopic (exact) mass is 446 g/mol. The van der Waals surface area contributed by atoms with Crippen LogP contribution in [-0.4, -0.2) is 20.7 Å². The minimum atomic E-state index is -0.753. The number of fused-ring (bicyclic) bond motifs is 1. The van der Waals surface area contributed by atoms with Crippen LogP contribution in [0, 0.1) is 41.0 Å². The summed E-state index contributed by atoms with van der Waals surface area (Å²) in [5.74, 6) is -0.278. The van der Waals surface area contributed by atoms with Crippen LogP contribution in [0.15, 0.2) is 52.9 Å². The smallest absolute Gasteiger partial charge is 0.279 e. The second-order valence-electron chi connectivity index (χ2n) is 7.61. The summed E-state index contributed by atoms with van der Waals surface area (Å²) < 4.78 is 5.84. The van der Waals surface area contributed by atoms with Gasteiger partial charge in [0.1, 0.15) is 11.1 Å². The average Bonchev–Trinajstić information content (AvgIpc) is 3.16. The van der Waals surface area contributed by atoms with Crippen LogP contribution >= 0.6 is 0 Å². The molecule has 0 saturated heterocycles. The van der Waals surface area contributed by atoms with E-state index in [1.807, 2.05) is 26.0 Å². The summed E-state index contributed by atoms with van der Waals surface area (Å²) >= 11 is 0. The number of oxazole rings is 1. The van der Waals surface area contributed by atoms with Gasteiger partial charge in [0.25, 0.3) is 17.3 Å². The first-order valence-electron chi connectivity index (χ1n) is 9.87. The molecule has 0 aliphatic carbocycles. The number of hydrogen-bond acceptors (Lipinski definition) is 7. The zero-order valence-corrected chi connectivity index (χ0v) is 17.9. The van der Waals surface area contributed by atoms with Crippen molar-refractivity contribution in [1.29, 1.82) is 0 Å². The third-order valence-electron chi connectivity index (χ3n) is 5.40. The number of rotatable bonds is 5. The second kappa shape index (κ2) is 8.15. The van der Waals surface area contributed by atoms with Crippen LogP contribution < -0.4 is 5.32 Å². The second-order valence-corrected chi connectivity index (χ2v) is 7.61. The molecule has 10 nitrogen and oxygen atoms in total. The molecule has 0 bridgehead atoms. The van der Waals surface area contributed by atoms with Crippen molar-refractivity contribution in [2.45, 2.75) is 20.8 Å². The molecular formula is C23H18N4O6. The van der Waals surface area contributed by atoms with E-state index in [4.69, 9.17) is 4.42 Å². The van der Waals surface area contributed by atoms with Gasteiger partial charge in [-0.2, -0.15) is 0 Å². The van der Waals surface area contributed by atoms with Crippen molar-refractivity contribution in [3.63, 3.8) is 0 Å². The number of nitro benzene ring substituents is 2. The van der Waals surface area contributed by atoms with E-state index in [0.29, 0.717) is 22.7 Å². The number of carbonyl (C=O) groups is 1. The molecule has 1 N–H and O–H groups in total. The first kappa shape index (κ1) is 21.6. The largest absolute Gasteiger partial charge is 0.436 e. The molecule has 0 aliphatic rings. The number of nitro groups is 2. The standard InChI is InChI=1S/C23H18N4O6/c1-12-8-18-21(9-13(12)2)33-23(25-18)15-4-6-17(7-5-15)24-22(28)16-10-19(26(29)30)14(3)20(11-16)27(31)32/h4-11H,1-3H3,(H,24,28). The van der Waals surface area contributed by atoms with Gasteiger partial charge in [0.05, 0.1) is 15.4 Å². The Morgan fingerprint density at radius 3 is 2.06 bits per heavy atom. The summed E-state index contributed by atoms with van der Waals surface area (Å²) in [4.78, 5) is 38.1. The lowest BCUT2D eigenvalue weighted by Crippen LogP contribution is -2.13. The van der Waals surface area contributed by atoms with Crippen LogP contribution in [0.4, 0.5) is 17.1 Å². The zero-order valence-electron chi connectivity index (χ0n) is 17.9. The Labute approximate surface area is 187 Å². The first-order chi connectivity index (χ1) is 15.6. The number of nitrogens with one attached hydrogen (secondary N) is 1. The van der Waals surface area contributed by atoms with Crippen molar-refractivity contribution in [2.24, 2.45) is 0 Å². The Morgan fingerprint density at radius 2 is 1.48 bits per heavy atom. The summed E-state index contributed by atoms with van der Waals surface area (Å²) in [5, 5.41) is 25.1. The number of aryl methyl sites for hydroxylation is 2. The number of anilines is 1. The minimum Gasteiger partial charge on any atom is -0.436 e. The van der Waals surface area contributed by atoms with Crippen molar-refractivity contribution in [1.82, 2.24) is 4.98 Å². The Kier molecular flexibility index (Phi) is 5.34. The lowest BCUT2D eigenvalue weighted by molar-refractivity contribution is -0.395. The average molecular weight is 446 g/mol. The van der Waals surface area contributed by atoms with E-state index in [0.717, 1.165) is 28.8 Å². The maximum absolute atomic E-state index is 12.6. The summed E-state index contributed by atoms with van der Waals surface area (Å²) in [5.41, 5.74) is 3.43. The van der Waals surface area contributed by atoms with E-state index in [9.17, 15) is 25.0 Å². The van der Waals surface area contributed by atoms with Crippen LogP contribution in [0.1, 0.15) is 27.0 Å². The van der Waals surface area contributed by atoms with Crippen LogP contribution in [0.2, 0.25) is 0 Å². The number of nitrogens with zero attached hydrogens (tertiary/aromatic N) is 3. The molecule has 0 fully saturated rings. The molecular weight excluding hydrogens is 428 g/mol. The van der Waals surface area contributed by atoms with E-state index in [1.165, 1.54) is 6.92 Å². The lowest BCUT2D eigenvalue weighted by atomic mass is 10.1. The fourth-order valence-electron chi connectivity index (χ4n) is 3.40. The van der Waals surface area contributed by atoms with Crippen molar-refractivity contribution in [2.75, 3.05) is 5.32 Å². The van der Waals surface area contributed by atoms with Gasteiger partial charge in [-0.05, 0) is 68.3 Å². The number of benzene rings is 3. The van der Waals surface area contributed by atoms with Gasteiger partial charge in [0, 0.05) is 23.4 Å². The summed E-state index contributed by atoms with van der Waals surface area (Å²) in [6.07, 6.45) is 0. The highest BCUT2D eigenvalue weighted by Crippen LogP contribution is 2.30. The maximum Gasteiger partial charge on any atom is 0.279 e. The summed E-state index contributed by atoms with van der Waals surface area (Å²) in [7, 11) is 0. The molecule has 33 heavy (non-hydrogen) atoms. The molecule has 0 aliphatic heterocycles. The van der Waals surface area contributed by atoms with E-state index >= 15 is 0 Å². The number of amides is 1. The van der Waals surface area contributed by atoms with Crippen LogP contribution in [0.5, 0.6) is 0 Å². The highest BCUT2D eigenvalue weighted by Gasteiger charge is 2.25. The molecule has 1 amide bonds. The Balaban J connectivity index is 1.59. The molecule has 0 spiro atoms. The SMILES string of the molecule is Cc1cc2nc(-c3ccc(NC(=O)c4cc([N+](=O)[O-])c(C)c([N+](=O)[O-])c4)cc3)oc2cc1C. The van der Waals surface area contributed by atoms with Gasteiger partial charge >= 0.3 is 0 Å². The highest BCUT2D eigenvalue weighted by atomic mass is 16.6. The Bertz CT molecular complexity index is 1370. The van der Waals surface area contributed by atoms with Crippen molar-refractivity contribution in [3.8, 4) is 11.5 Å². The molecule has 3 aromatic carbocycles. The predicted octanol–water partition coefficient (Wildman–Crippen LogP) is 5.49. The van der Waals surface area contributed by atoms with Gasteiger partial charge < -0.3 is 9.73 Å². The Hall–Kier alpha value is -4.60. The van der Waals surface area contributed by atoms with E-state index < -0.39 is 27.1 Å². The molecule has 0 atom stereocenters. The zero-order chi connectivity index (χ0) is 23.9. The molecule has 1 heterocycles. The number of hydrogen-bond donors (Lipinski definition) is 1. The van der Waals surface area contributed by atoms with E-state index in [1.54, 1.807) is 24.3 Å². The van der Waals surface area contributed by atoms with Crippen molar-refractivity contribution in [3.05, 3.63) is 91.0 Å². The summed E-state index contributed by atoms with van der Waals surface area (Å²) in [6.45, 7) is 5.26. The molecule has 4 aromatic rings. The third-order valence-corrected chi connectivity index (χ3v) is 5.40. The van der Waals surface area contributed by atoms with Gasteiger partial charge in [-0.25, -0.2) is 4.98 Å². The molecule has 0 unspecified atom stereocenters. The number of carbonyl (C=O) groups excluding carboxylic acids is 1. The molecule has 166 valence electrons. The highest BCUT2D eigenvalue weighted by molar-refractivity contribution is 6.05. The number of aromatic nitrogens is 1. The molecule has 1 aromatic heterocycles. The lowest BCUT2D eigenvalue weighted by Gasteiger charge is -2.07.